The maximum atomic E-state index is 5.43. The standard InChI is InChI=1S/C18H22N2O/c1-21-17-10-12-20(13-11-17)18-9-5-8-16(19-18)14-15-6-3-2-4-7-15/h2-9,17H,10-14H2,1H3. The zero-order valence-electron chi connectivity index (χ0n) is 12.5. The fourth-order valence-electron chi connectivity index (χ4n) is 2.87. The smallest absolute Gasteiger partial charge is 0.128 e. The molecule has 0 unspecified atom stereocenters. The molecule has 2 heterocycles. The zero-order chi connectivity index (χ0) is 14.5. The number of methoxy groups -OCH3 is 1. The molecule has 1 fully saturated rings. The molecule has 110 valence electrons. The number of aromatic nitrogens is 1. The molecule has 1 aliphatic heterocycles. The third-order valence-electron chi connectivity index (χ3n) is 4.12. The van der Waals surface area contributed by atoms with Gasteiger partial charge in [0.1, 0.15) is 5.82 Å². The number of benzene rings is 1. The molecule has 2 aromatic rings. The van der Waals surface area contributed by atoms with Crippen LogP contribution in [0.25, 0.3) is 0 Å². The molecule has 1 saturated heterocycles. The molecule has 1 aromatic heterocycles. The van der Waals surface area contributed by atoms with Gasteiger partial charge in [0.25, 0.3) is 0 Å². The molecular weight excluding hydrogens is 260 g/mol. The molecule has 0 amide bonds. The lowest BCUT2D eigenvalue weighted by molar-refractivity contribution is 0.0818. The van der Waals surface area contributed by atoms with Gasteiger partial charge in [-0.05, 0) is 30.5 Å². The molecule has 1 aromatic carbocycles. The Labute approximate surface area is 126 Å². The summed E-state index contributed by atoms with van der Waals surface area (Å²) in [6.45, 7) is 2.06. The minimum atomic E-state index is 0.411. The van der Waals surface area contributed by atoms with Crippen LogP contribution in [0, 0.1) is 0 Å². The van der Waals surface area contributed by atoms with Gasteiger partial charge in [-0.3, -0.25) is 0 Å². The predicted molar refractivity (Wildman–Crippen MR) is 85.7 cm³/mol. The van der Waals surface area contributed by atoms with Crippen molar-refractivity contribution in [2.75, 3.05) is 25.1 Å². The van der Waals surface area contributed by atoms with Gasteiger partial charge >= 0.3 is 0 Å². The summed E-state index contributed by atoms with van der Waals surface area (Å²) in [4.78, 5) is 7.19. The molecule has 0 aliphatic carbocycles. The summed E-state index contributed by atoms with van der Waals surface area (Å²) in [5, 5.41) is 0. The molecule has 1 aliphatic rings. The molecule has 3 rings (SSSR count). The highest BCUT2D eigenvalue weighted by atomic mass is 16.5. The molecule has 0 bridgehead atoms. The van der Waals surface area contributed by atoms with Crippen molar-refractivity contribution >= 4 is 5.82 Å². The van der Waals surface area contributed by atoms with Crippen molar-refractivity contribution < 1.29 is 4.74 Å². The Balaban J connectivity index is 1.69. The summed E-state index contributed by atoms with van der Waals surface area (Å²) in [7, 11) is 1.80. The van der Waals surface area contributed by atoms with E-state index in [1.807, 2.05) is 6.07 Å². The summed E-state index contributed by atoms with van der Waals surface area (Å²) in [5.41, 5.74) is 2.44. The first-order valence-electron chi connectivity index (χ1n) is 7.63. The first-order valence-corrected chi connectivity index (χ1v) is 7.63. The molecule has 0 atom stereocenters. The summed E-state index contributed by atoms with van der Waals surface area (Å²) in [5.74, 6) is 1.10. The Hall–Kier alpha value is -1.87. The Kier molecular flexibility index (Phi) is 4.51. The Morgan fingerprint density at radius 2 is 1.81 bits per heavy atom. The first kappa shape index (κ1) is 14.1. The van der Waals surface area contributed by atoms with E-state index in [-0.39, 0.29) is 0 Å². The van der Waals surface area contributed by atoms with Gasteiger partial charge < -0.3 is 9.64 Å². The van der Waals surface area contributed by atoms with Crippen molar-refractivity contribution in [3.8, 4) is 0 Å². The van der Waals surface area contributed by atoms with Gasteiger partial charge in [0.15, 0.2) is 0 Å². The van der Waals surface area contributed by atoms with Gasteiger partial charge in [-0.25, -0.2) is 4.98 Å². The van der Waals surface area contributed by atoms with Crippen LogP contribution in [0.5, 0.6) is 0 Å². The second kappa shape index (κ2) is 6.72. The highest BCUT2D eigenvalue weighted by Crippen LogP contribution is 2.20. The number of piperidine rings is 1. The average molecular weight is 282 g/mol. The number of anilines is 1. The second-order valence-corrected chi connectivity index (χ2v) is 5.57. The summed E-state index contributed by atoms with van der Waals surface area (Å²) < 4.78 is 5.43. The van der Waals surface area contributed by atoms with Gasteiger partial charge in [0.05, 0.1) is 6.10 Å². The fraction of sp³-hybridized carbons (Fsp3) is 0.389. The Morgan fingerprint density at radius 3 is 2.52 bits per heavy atom. The summed E-state index contributed by atoms with van der Waals surface area (Å²) >= 11 is 0. The third kappa shape index (κ3) is 3.61. The SMILES string of the molecule is COC1CCN(c2cccc(Cc3ccccc3)n2)CC1. The van der Waals surface area contributed by atoms with Crippen LogP contribution in [-0.4, -0.2) is 31.3 Å². The van der Waals surface area contributed by atoms with E-state index in [9.17, 15) is 0 Å². The van der Waals surface area contributed by atoms with Gasteiger partial charge in [0, 0.05) is 32.3 Å². The van der Waals surface area contributed by atoms with E-state index in [1.165, 1.54) is 5.56 Å². The summed E-state index contributed by atoms with van der Waals surface area (Å²) in [6.07, 6.45) is 3.47. The molecule has 0 saturated carbocycles. The molecule has 3 nitrogen and oxygen atoms in total. The highest BCUT2D eigenvalue weighted by molar-refractivity contribution is 5.40. The quantitative estimate of drug-likeness (QED) is 0.860. The Morgan fingerprint density at radius 1 is 1.05 bits per heavy atom. The highest BCUT2D eigenvalue weighted by Gasteiger charge is 2.19. The van der Waals surface area contributed by atoms with Crippen molar-refractivity contribution in [3.63, 3.8) is 0 Å². The van der Waals surface area contributed by atoms with E-state index in [0.29, 0.717) is 6.10 Å². The number of nitrogens with zero attached hydrogens (tertiary/aromatic N) is 2. The largest absolute Gasteiger partial charge is 0.381 e. The predicted octanol–water partition coefficient (Wildman–Crippen LogP) is 3.29. The van der Waals surface area contributed by atoms with Crippen LogP contribution in [0.15, 0.2) is 48.5 Å². The van der Waals surface area contributed by atoms with Crippen molar-refractivity contribution in [2.24, 2.45) is 0 Å². The van der Waals surface area contributed by atoms with Crippen molar-refractivity contribution in [1.82, 2.24) is 4.98 Å². The lowest BCUT2D eigenvalue weighted by atomic mass is 10.1. The lowest BCUT2D eigenvalue weighted by Gasteiger charge is -2.32. The van der Waals surface area contributed by atoms with E-state index in [4.69, 9.17) is 9.72 Å². The number of pyridine rings is 1. The van der Waals surface area contributed by atoms with Crippen molar-refractivity contribution in [3.05, 3.63) is 59.8 Å². The number of hydrogen-bond donors (Lipinski definition) is 0. The van der Waals surface area contributed by atoms with E-state index in [0.717, 1.165) is 43.9 Å². The van der Waals surface area contributed by atoms with Crippen LogP contribution in [0.2, 0.25) is 0 Å². The molecule has 21 heavy (non-hydrogen) atoms. The van der Waals surface area contributed by atoms with Crippen LogP contribution < -0.4 is 4.90 Å². The molecular formula is C18H22N2O. The zero-order valence-corrected chi connectivity index (χ0v) is 12.5. The van der Waals surface area contributed by atoms with Gasteiger partial charge in [-0.1, -0.05) is 36.4 Å². The van der Waals surface area contributed by atoms with E-state index in [1.54, 1.807) is 7.11 Å². The monoisotopic (exact) mass is 282 g/mol. The maximum absolute atomic E-state index is 5.43. The third-order valence-corrected chi connectivity index (χ3v) is 4.12. The molecule has 3 heteroatoms. The second-order valence-electron chi connectivity index (χ2n) is 5.57. The molecule has 0 N–H and O–H groups in total. The van der Waals surface area contributed by atoms with Crippen molar-refractivity contribution in [2.45, 2.75) is 25.4 Å². The van der Waals surface area contributed by atoms with Crippen LogP contribution in [0.1, 0.15) is 24.1 Å². The topological polar surface area (TPSA) is 25.4 Å². The average Bonchev–Trinajstić information content (AvgIpc) is 2.56. The van der Waals surface area contributed by atoms with Gasteiger partial charge in [-0.2, -0.15) is 0 Å². The van der Waals surface area contributed by atoms with Crippen LogP contribution >= 0.6 is 0 Å². The van der Waals surface area contributed by atoms with Crippen molar-refractivity contribution in [1.29, 1.82) is 0 Å². The van der Waals surface area contributed by atoms with E-state index >= 15 is 0 Å². The molecule has 0 spiro atoms. The number of rotatable bonds is 4. The number of hydrogen-bond acceptors (Lipinski definition) is 3. The maximum Gasteiger partial charge on any atom is 0.128 e. The molecule has 0 radical (unpaired) electrons. The fourth-order valence-corrected chi connectivity index (χ4v) is 2.87. The minimum Gasteiger partial charge on any atom is -0.381 e. The Bertz CT molecular complexity index is 562. The normalized spacial score (nSPS) is 16.1. The van der Waals surface area contributed by atoms with E-state index < -0.39 is 0 Å². The lowest BCUT2D eigenvalue weighted by Crippen LogP contribution is -2.37. The van der Waals surface area contributed by atoms with Gasteiger partial charge in [-0.15, -0.1) is 0 Å². The number of ether oxygens (including phenoxy) is 1. The van der Waals surface area contributed by atoms with E-state index in [2.05, 4.69) is 47.4 Å². The van der Waals surface area contributed by atoms with Crippen LogP contribution in [0.3, 0.4) is 0 Å². The first-order chi connectivity index (χ1) is 10.3. The van der Waals surface area contributed by atoms with Crippen LogP contribution in [-0.2, 0) is 11.2 Å². The van der Waals surface area contributed by atoms with Gasteiger partial charge in [0.2, 0.25) is 0 Å². The van der Waals surface area contributed by atoms with Crippen LogP contribution in [0.4, 0.5) is 5.82 Å². The summed E-state index contributed by atoms with van der Waals surface area (Å²) in [6, 6.07) is 16.8. The minimum absolute atomic E-state index is 0.411.